The Kier molecular flexibility index (Phi) is 4.27. The van der Waals surface area contributed by atoms with E-state index in [9.17, 15) is 4.79 Å². The number of amides is 1. The SMILES string of the molecule is Cc1ccc(C)c(NC(=O)c2cc(Cl)cc(Br)c2)c1. The highest BCUT2D eigenvalue weighted by Gasteiger charge is 2.09. The molecule has 0 saturated carbocycles. The van der Waals surface area contributed by atoms with Crippen LogP contribution in [0.4, 0.5) is 5.69 Å². The molecule has 0 saturated heterocycles. The van der Waals surface area contributed by atoms with Crippen LogP contribution in [0.1, 0.15) is 21.5 Å². The normalized spacial score (nSPS) is 10.3. The molecule has 0 heterocycles. The van der Waals surface area contributed by atoms with Crippen LogP contribution in [0.3, 0.4) is 0 Å². The summed E-state index contributed by atoms with van der Waals surface area (Å²) in [4.78, 5) is 12.2. The maximum atomic E-state index is 12.2. The molecule has 0 bridgehead atoms. The summed E-state index contributed by atoms with van der Waals surface area (Å²) in [7, 11) is 0. The Morgan fingerprint density at radius 2 is 1.89 bits per heavy atom. The van der Waals surface area contributed by atoms with E-state index in [1.54, 1.807) is 18.2 Å². The quantitative estimate of drug-likeness (QED) is 0.823. The average Bonchev–Trinajstić information content (AvgIpc) is 2.32. The number of nitrogens with one attached hydrogen (secondary N) is 1. The Bertz CT molecular complexity index is 620. The van der Waals surface area contributed by atoms with Crippen LogP contribution in [0.2, 0.25) is 5.02 Å². The molecule has 2 nitrogen and oxygen atoms in total. The smallest absolute Gasteiger partial charge is 0.255 e. The number of aryl methyl sites for hydroxylation is 2. The van der Waals surface area contributed by atoms with E-state index in [0.717, 1.165) is 21.3 Å². The Hall–Kier alpha value is -1.32. The zero-order chi connectivity index (χ0) is 14.0. The first-order valence-corrected chi connectivity index (χ1v) is 6.97. The van der Waals surface area contributed by atoms with E-state index in [0.29, 0.717) is 10.6 Å². The van der Waals surface area contributed by atoms with Crippen molar-refractivity contribution in [2.75, 3.05) is 5.32 Å². The van der Waals surface area contributed by atoms with E-state index < -0.39 is 0 Å². The summed E-state index contributed by atoms with van der Waals surface area (Å²) in [6.45, 7) is 3.95. The Morgan fingerprint density at radius 3 is 2.58 bits per heavy atom. The van der Waals surface area contributed by atoms with Crippen molar-refractivity contribution in [2.45, 2.75) is 13.8 Å². The summed E-state index contributed by atoms with van der Waals surface area (Å²) < 4.78 is 0.783. The molecule has 2 rings (SSSR count). The summed E-state index contributed by atoms with van der Waals surface area (Å²) in [6, 6.07) is 11.1. The van der Waals surface area contributed by atoms with Crippen molar-refractivity contribution in [1.29, 1.82) is 0 Å². The molecule has 1 N–H and O–H groups in total. The number of carbonyl (C=O) groups excluding carboxylic acids is 1. The molecule has 4 heteroatoms. The van der Waals surface area contributed by atoms with Gasteiger partial charge in [-0.05, 0) is 49.2 Å². The van der Waals surface area contributed by atoms with Gasteiger partial charge in [-0.25, -0.2) is 0 Å². The molecule has 0 unspecified atom stereocenters. The van der Waals surface area contributed by atoms with Gasteiger partial charge < -0.3 is 5.32 Å². The minimum atomic E-state index is -0.170. The predicted molar refractivity (Wildman–Crippen MR) is 83.0 cm³/mol. The van der Waals surface area contributed by atoms with Gasteiger partial charge in [0.05, 0.1) is 0 Å². The average molecular weight is 339 g/mol. The number of halogens is 2. The van der Waals surface area contributed by atoms with Crippen LogP contribution in [-0.4, -0.2) is 5.91 Å². The van der Waals surface area contributed by atoms with E-state index in [2.05, 4.69) is 21.2 Å². The second kappa shape index (κ2) is 5.76. The molecule has 0 radical (unpaired) electrons. The lowest BCUT2D eigenvalue weighted by molar-refractivity contribution is 0.102. The highest BCUT2D eigenvalue weighted by atomic mass is 79.9. The van der Waals surface area contributed by atoms with Gasteiger partial charge in [0.15, 0.2) is 0 Å². The number of anilines is 1. The van der Waals surface area contributed by atoms with Gasteiger partial charge in [-0.3, -0.25) is 4.79 Å². The highest BCUT2D eigenvalue weighted by molar-refractivity contribution is 9.10. The lowest BCUT2D eigenvalue weighted by Gasteiger charge is -2.10. The second-order valence-corrected chi connectivity index (χ2v) is 5.78. The molecular weight excluding hydrogens is 326 g/mol. The predicted octanol–water partition coefficient (Wildman–Crippen LogP) is 4.97. The fourth-order valence-corrected chi connectivity index (χ4v) is 2.61. The third kappa shape index (κ3) is 3.58. The van der Waals surface area contributed by atoms with E-state index >= 15 is 0 Å². The first-order valence-electron chi connectivity index (χ1n) is 5.80. The van der Waals surface area contributed by atoms with Crippen molar-refractivity contribution < 1.29 is 4.79 Å². The van der Waals surface area contributed by atoms with Crippen LogP contribution in [-0.2, 0) is 0 Å². The van der Waals surface area contributed by atoms with Gasteiger partial charge in [0.25, 0.3) is 5.91 Å². The summed E-state index contributed by atoms with van der Waals surface area (Å²) in [6.07, 6.45) is 0. The molecule has 98 valence electrons. The van der Waals surface area contributed by atoms with Gasteiger partial charge in [0.2, 0.25) is 0 Å². The van der Waals surface area contributed by atoms with E-state index in [1.807, 2.05) is 32.0 Å². The molecule has 2 aromatic carbocycles. The number of rotatable bonds is 2. The number of hydrogen-bond acceptors (Lipinski definition) is 1. The Morgan fingerprint density at radius 1 is 1.16 bits per heavy atom. The zero-order valence-electron chi connectivity index (χ0n) is 10.6. The van der Waals surface area contributed by atoms with E-state index in [-0.39, 0.29) is 5.91 Å². The highest BCUT2D eigenvalue weighted by Crippen LogP contribution is 2.22. The first kappa shape index (κ1) is 14.1. The van der Waals surface area contributed by atoms with Crippen molar-refractivity contribution >= 4 is 39.1 Å². The van der Waals surface area contributed by atoms with Gasteiger partial charge in [0.1, 0.15) is 0 Å². The van der Waals surface area contributed by atoms with Gasteiger partial charge in [-0.2, -0.15) is 0 Å². The van der Waals surface area contributed by atoms with Crippen LogP contribution in [0.15, 0.2) is 40.9 Å². The molecule has 0 fully saturated rings. The summed E-state index contributed by atoms with van der Waals surface area (Å²) in [5, 5.41) is 3.43. The van der Waals surface area contributed by atoms with Crippen molar-refractivity contribution in [3.63, 3.8) is 0 Å². The fraction of sp³-hybridized carbons (Fsp3) is 0.133. The summed E-state index contributed by atoms with van der Waals surface area (Å²) in [5.74, 6) is -0.170. The van der Waals surface area contributed by atoms with Crippen LogP contribution < -0.4 is 5.32 Å². The minimum Gasteiger partial charge on any atom is -0.322 e. The maximum absolute atomic E-state index is 12.2. The molecule has 0 aliphatic rings. The Balaban J connectivity index is 2.28. The van der Waals surface area contributed by atoms with Gasteiger partial charge in [-0.15, -0.1) is 0 Å². The van der Waals surface area contributed by atoms with Crippen LogP contribution in [0.25, 0.3) is 0 Å². The zero-order valence-corrected chi connectivity index (χ0v) is 13.0. The summed E-state index contributed by atoms with van der Waals surface area (Å²) >= 11 is 9.27. The Labute approximate surface area is 125 Å². The molecule has 2 aromatic rings. The van der Waals surface area contributed by atoms with Crippen molar-refractivity contribution in [3.8, 4) is 0 Å². The third-order valence-corrected chi connectivity index (χ3v) is 3.44. The topological polar surface area (TPSA) is 29.1 Å². The second-order valence-electron chi connectivity index (χ2n) is 4.43. The number of benzene rings is 2. The molecule has 0 aromatic heterocycles. The molecule has 0 aliphatic heterocycles. The monoisotopic (exact) mass is 337 g/mol. The number of carbonyl (C=O) groups is 1. The largest absolute Gasteiger partial charge is 0.322 e. The molecule has 0 atom stereocenters. The molecule has 0 aliphatic carbocycles. The third-order valence-electron chi connectivity index (χ3n) is 2.77. The van der Waals surface area contributed by atoms with Gasteiger partial charge in [0, 0.05) is 20.7 Å². The van der Waals surface area contributed by atoms with Gasteiger partial charge in [-0.1, -0.05) is 39.7 Å². The van der Waals surface area contributed by atoms with Crippen molar-refractivity contribution in [2.24, 2.45) is 0 Å². The van der Waals surface area contributed by atoms with Crippen LogP contribution >= 0.6 is 27.5 Å². The lowest BCUT2D eigenvalue weighted by Crippen LogP contribution is -2.13. The molecule has 1 amide bonds. The standard InChI is InChI=1S/C15H13BrClNO/c1-9-3-4-10(2)14(5-9)18-15(19)11-6-12(16)8-13(17)7-11/h3-8H,1-2H3,(H,18,19). The molecular formula is C15H13BrClNO. The van der Waals surface area contributed by atoms with Gasteiger partial charge >= 0.3 is 0 Å². The van der Waals surface area contributed by atoms with E-state index in [4.69, 9.17) is 11.6 Å². The first-order chi connectivity index (χ1) is 8.95. The maximum Gasteiger partial charge on any atom is 0.255 e. The van der Waals surface area contributed by atoms with Crippen LogP contribution in [0.5, 0.6) is 0 Å². The van der Waals surface area contributed by atoms with Crippen molar-refractivity contribution in [3.05, 3.63) is 62.6 Å². The van der Waals surface area contributed by atoms with Crippen LogP contribution in [0, 0.1) is 13.8 Å². The summed E-state index contributed by atoms with van der Waals surface area (Å²) in [5.41, 5.74) is 3.48. The molecule has 0 spiro atoms. The lowest BCUT2D eigenvalue weighted by atomic mass is 10.1. The fourth-order valence-electron chi connectivity index (χ4n) is 1.75. The van der Waals surface area contributed by atoms with E-state index in [1.165, 1.54) is 0 Å². The minimum absolute atomic E-state index is 0.170. The number of hydrogen-bond donors (Lipinski definition) is 1. The van der Waals surface area contributed by atoms with Crippen molar-refractivity contribution in [1.82, 2.24) is 0 Å². The molecule has 19 heavy (non-hydrogen) atoms.